The zero-order chi connectivity index (χ0) is 14.7. The summed E-state index contributed by atoms with van der Waals surface area (Å²) in [4.78, 5) is 14.5. The molecule has 5 nitrogen and oxygen atoms in total. The summed E-state index contributed by atoms with van der Waals surface area (Å²) in [6.45, 7) is 1.66. The van der Waals surface area contributed by atoms with Crippen LogP contribution in [0.15, 0.2) is 16.9 Å². The average Bonchev–Trinajstić information content (AvgIpc) is 3.04. The van der Waals surface area contributed by atoms with Crippen LogP contribution in [0.25, 0.3) is 0 Å². The van der Waals surface area contributed by atoms with Crippen molar-refractivity contribution < 1.29 is 9.32 Å². The largest absolute Gasteiger partial charge is 0.365 e. The van der Waals surface area contributed by atoms with E-state index in [9.17, 15) is 4.79 Å². The van der Waals surface area contributed by atoms with Crippen molar-refractivity contribution in [2.45, 2.75) is 56.9 Å². The van der Waals surface area contributed by atoms with Crippen LogP contribution in [-0.2, 0) is 4.79 Å². The molecule has 0 aromatic carbocycles. The van der Waals surface area contributed by atoms with E-state index < -0.39 is 0 Å². The third-order valence-corrected chi connectivity index (χ3v) is 5.13. The number of piperidine rings is 1. The zero-order valence-electron chi connectivity index (χ0n) is 12.5. The van der Waals surface area contributed by atoms with Crippen LogP contribution in [0, 0.1) is 5.92 Å². The van der Waals surface area contributed by atoms with Gasteiger partial charge in [0.2, 0.25) is 5.91 Å². The van der Waals surface area contributed by atoms with E-state index in [-0.39, 0.29) is 11.9 Å². The van der Waals surface area contributed by atoms with Crippen molar-refractivity contribution in [1.29, 1.82) is 0 Å². The van der Waals surface area contributed by atoms with Crippen LogP contribution in [0.1, 0.15) is 56.6 Å². The van der Waals surface area contributed by atoms with E-state index in [1.807, 2.05) is 11.0 Å². The number of nitrogens with zero attached hydrogens (tertiary/aromatic N) is 2. The van der Waals surface area contributed by atoms with E-state index in [1.165, 1.54) is 12.8 Å². The van der Waals surface area contributed by atoms with Crippen molar-refractivity contribution in [2.24, 2.45) is 11.7 Å². The Labute approximate surface area is 125 Å². The monoisotopic (exact) mass is 291 g/mol. The molecular formula is C16H25N3O2. The molecule has 1 aromatic rings. The summed E-state index contributed by atoms with van der Waals surface area (Å²) in [5.74, 6) is 1.11. The van der Waals surface area contributed by atoms with Crippen LogP contribution >= 0.6 is 0 Å². The lowest BCUT2D eigenvalue weighted by Crippen LogP contribution is -2.42. The molecule has 3 rings (SSSR count). The number of likely N-dealkylation sites (tertiary alicyclic amines) is 1. The van der Waals surface area contributed by atoms with Gasteiger partial charge in [0, 0.05) is 37.5 Å². The Bertz CT molecular complexity index is 452. The molecule has 1 aliphatic carbocycles. The second kappa shape index (κ2) is 6.60. The molecular weight excluding hydrogens is 266 g/mol. The van der Waals surface area contributed by atoms with Crippen molar-refractivity contribution in [1.82, 2.24) is 10.1 Å². The Balaban J connectivity index is 1.48. The Kier molecular flexibility index (Phi) is 4.58. The van der Waals surface area contributed by atoms with Gasteiger partial charge < -0.3 is 15.2 Å². The van der Waals surface area contributed by atoms with Crippen molar-refractivity contribution in [2.75, 3.05) is 13.1 Å². The third-order valence-electron chi connectivity index (χ3n) is 5.13. The number of aromatic nitrogens is 1. The predicted molar refractivity (Wildman–Crippen MR) is 79.6 cm³/mol. The smallest absolute Gasteiger partial charge is 0.222 e. The van der Waals surface area contributed by atoms with Gasteiger partial charge in [-0.3, -0.25) is 4.79 Å². The molecule has 2 N–H and O–H groups in total. The summed E-state index contributed by atoms with van der Waals surface area (Å²) in [7, 11) is 0. The molecule has 21 heavy (non-hydrogen) atoms. The Morgan fingerprint density at radius 2 is 2.05 bits per heavy atom. The third kappa shape index (κ3) is 3.46. The average molecular weight is 291 g/mol. The topological polar surface area (TPSA) is 72.4 Å². The number of amides is 1. The van der Waals surface area contributed by atoms with E-state index in [1.54, 1.807) is 6.26 Å². The highest BCUT2D eigenvalue weighted by Crippen LogP contribution is 2.29. The lowest BCUT2D eigenvalue weighted by atomic mass is 9.82. The lowest BCUT2D eigenvalue weighted by molar-refractivity contribution is -0.133. The molecule has 0 bridgehead atoms. The van der Waals surface area contributed by atoms with Gasteiger partial charge in [0.25, 0.3) is 0 Å². The van der Waals surface area contributed by atoms with Crippen molar-refractivity contribution in [3.8, 4) is 0 Å². The number of carbonyl (C=O) groups excluding carboxylic acids is 1. The molecule has 1 amide bonds. The maximum atomic E-state index is 12.4. The maximum Gasteiger partial charge on any atom is 0.222 e. The molecule has 0 spiro atoms. The predicted octanol–water partition coefficient (Wildman–Crippen LogP) is 2.29. The van der Waals surface area contributed by atoms with Gasteiger partial charge >= 0.3 is 0 Å². The molecule has 1 saturated heterocycles. The first-order valence-corrected chi connectivity index (χ1v) is 8.17. The highest BCUT2D eigenvalue weighted by molar-refractivity contribution is 5.76. The van der Waals surface area contributed by atoms with Crippen LogP contribution in [0.2, 0.25) is 0 Å². The van der Waals surface area contributed by atoms with E-state index in [2.05, 4.69) is 5.16 Å². The second-order valence-corrected chi connectivity index (χ2v) is 6.49. The molecule has 2 heterocycles. The first kappa shape index (κ1) is 14.6. The molecule has 2 aliphatic rings. The Morgan fingerprint density at radius 3 is 2.71 bits per heavy atom. The summed E-state index contributed by atoms with van der Waals surface area (Å²) < 4.78 is 4.91. The van der Waals surface area contributed by atoms with E-state index in [4.69, 9.17) is 10.3 Å². The van der Waals surface area contributed by atoms with E-state index in [0.717, 1.165) is 44.5 Å². The number of hydrogen-bond acceptors (Lipinski definition) is 4. The van der Waals surface area contributed by atoms with Crippen LogP contribution in [0.4, 0.5) is 0 Å². The van der Waals surface area contributed by atoms with Gasteiger partial charge in [0.1, 0.15) is 6.26 Å². The van der Waals surface area contributed by atoms with Gasteiger partial charge in [-0.05, 0) is 31.6 Å². The van der Waals surface area contributed by atoms with E-state index in [0.29, 0.717) is 18.3 Å². The summed E-state index contributed by atoms with van der Waals surface area (Å²) in [5, 5.41) is 4.02. The number of hydrogen-bond donors (Lipinski definition) is 1. The van der Waals surface area contributed by atoms with Crippen molar-refractivity contribution >= 4 is 5.91 Å². The van der Waals surface area contributed by atoms with Crippen LogP contribution in [-0.4, -0.2) is 35.1 Å². The van der Waals surface area contributed by atoms with Crippen LogP contribution < -0.4 is 5.73 Å². The fraction of sp³-hybridized carbons (Fsp3) is 0.750. The maximum absolute atomic E-state index is 12.4. The minimum absolute atomic E-state index is 0.218. The normalized spacial score (nSPS) is 27.8. The van der Waals surface area contributed by atoms with Gasteiger partial charge in [-0.2, -0.15) is 0 Å². The molecule has 0 unspecified atom stereocenters. The minimum Gasteiger partial charge on any atom is -0.365 e. The molecule has 2 atom stereocenters. The summed E-state index contributed by atoms with van der Waals surface area (Å²) >= 11 is 0. The van der Waals surface area contributed by atoms with E-state index >= 15 is 0 Å². The van der Waals surface area contributed by atoms with Crippen LogP contribution in [0.3, 0.4) is 0 Å². The SMILES string of the molecule is N[C@@H]1CCCC[C@@H]1CC(=O)N1CCC(c2ccon2)CC1. The first-order valence-electron chi connectivity index (χ1n) is 8.17. The number of rotatable bonds is 3. The molecule has 1 aliphatic heterocycles. The highest BCUT2D eigenvalue weighted by atomic mass is 16.5. The molecule has 2 fully saturated rings. The zero-order valence-corrected chi connectivity index (χ0v) is 12.5. The fourth-order valence-electron chi connectivity index (χ4n) is 3.70. The van der Waals surface area contributed by atoms with Gasteiger partial charge in [-0.1, -0.05) is 18.0 Å². The lowest BCUT2D eigenvalue weighted by Gasteiger charge is -2.34. The van der Waals surface area contributed by atoms with Crippen molar-refractivity contribution in [3.05, 3.63) is 18.0 Å². The number of nitrogens with two attached hydrogens (primary N) is 1. The summed E-state index contributed by atoms with van der Waals surface area (Å²) in [6, 6.07) is 2.15. The molecule has 0 radical (unpaired) electrons. The van der Waals surface area contributed by atoms with Gasteiger partial charge in [0.15, 0.2) is 0 Å². The van der Waals surface area contributed by atoms with Gasteiger partial charge in [-0.15, -0.1) is 0 Å². The summed E-state index contributed by atoms with van der Waals surface area (Å²) in [6.07, 6.45) is 8.85. The number of carbonyl (C=O) groups is 1. The first-order chi connectivity index (χ1) is 10.2. The standard InChI is InChI=1S/C16H25N3O2/c17-14-4-2-1-3-13(14)11-16(20)19-8-5-12(6-9-19)15-7-10-21-18-15/h7,10,12-14H,1-6,8-9,11,17H2/t13-,14-/m1/s1. The van der Waals surface area contributed by atoms with Gasteiger partial charge in [0.05, 0.1) is 5.69 Å². The van der Waals surface area contributed by atoms with Crippen LogP contribution in [0.5, 0.6) is 0 Å². The summed E-state index contributed by atoms with van der Waals surface area (Å²) in [5.41, 5.74) is 7.18. The minimum atomic E-state index is 0.218. The molecule has 1 aromatic heterocycles. The van der Waals surface area contributed by atoms with Crippen molar-refractivity contribution in [3.63, 3.8) is 0 Å². The molecule has 5 heteroatoms. The highest BCUT2D eigenvalue weighted by Gasteiger charge is 2.29. The quantitative estimate of drug-likeness (QED) is 0.927. The fourth-order valence-corrected chi connectivity index (χ4v) is 3.70. The molecule has 1 saturated carbocycles. The second-order valence-electron chi connectivity index (χ2n) is 6.49. The Morgan fingerprint density at radius 1 is 1.29 bits per heavy atom. The van der Waals surface area contributed by atoms with Gasteiger partial charge in [-0.25, -0.2) is 0 Å². The Hall–Kier alpha value is -1.36. The molecule has 116 valence electrons.